The molecule has 0 N–H and O–H groups in total. The predicted molar refractivity (Wildman–Crippen MR) is 92.6 cm³/mol. The van der Waals surface area contributed by atoms with Gasteiger partial charge in [0.15, 0.2) is 11.6 Å². The van der Waals surface area contributed by atoms with Gasteiger partial charge in [0.05, 0.1) is 11.3 Å². The molecule has 1 aliphatic heterocycles. The maximum Gasteiger partial charge on any atom is 0.387 e. The maximum absolute atomic E-state index is 14.4. The summed E-state index contributed by atoms with van der Waals surface area (Å²) in [5, 5.41) is 0. The number of hydrogen-bond donors (Lipinski definition) is 0. The Morgan fingerprint density at radius 1 is 1.19 bits per heavy atom. The fourth-order valence-corrected chi connectivity index (χ4v) is 3.00. The van der Waals surface area contributed by atoms with Crippen LogP contribution in [0.4, 0.5) is 19.0 Å². The molecule has 0 radical (unpaired) electrons. The molecule has 0 unspecified atom stereocenters. The van der Waals surface area contributed by atoms with Crippen molar-refractivity contribution in [2.45, 2.75) is 20.0 Å². The number of aromatic nitrogens is 2. The lowest BCUT2D eigenvalue weighted by Gasteiger charge is -2.35. The molecular formula is C18H19F3N4O2. The number of nitrogens with zero attached hydrogens (tertiary/aromatic N) is 4. The lowest BCUT2D eigenvalue weighted by molar-refractivity contribution is -0.0502. The highest BCUT2D eigenvalue weighted by molar-refractivity contribution is 5.97. The molecule has 27 heavy (non-hydrogen) atoms. The molecule has 1 saturated heterocycles. The first kappa shape index (κ1) is 18.9. The van der Waals surface area contributed by atoms with Crippen LogP contribution in [0.2, 0.25) is 0 Å². The number of piperazine rings is 1. The van der Waals surface area contributed by atoms with Crippen molar-refractivity contribution in [1.29, 1.82) is 0 Å². The summed E-state index contributed by atoms with van der Waals surface area (Å²) in [7, 11) is 0. The summed E-state index contributed by atoms with van der Waals surface area (Å²) in [6, 6.07) is 5.89. The number of carbonyl (C=O) groups excluding carboxylic acids is 1. The first-order valence-corrected chi connectivity index (χ1v) is 8.58. The molecule has 6 nitrogen and oxygen atoms in total. The molecule has 0 atom stereocenters. The van der Waals surface area contributed by atoms with Gasteiger partial charge >= 0.3 is 6.61 Å². The molecule has 1 aromatic carbocycles. The van der Waals surface area contributed by atoms with Gasteiger partial charge in [0, 0.05) is 26.2 Å². The molecule has 0 spiro atoms. The number of benzene rings is 1. The monoisotopic (exact) mass is 380 g/mol. The predicted octanol–water partition coefficient (Wildman–Crippen LogP) is 2.74. The summed E-state index contributed by atoms with van der Waals surface area (Å²) < 4.78 is 43.9. The van der Waals surface area contributed by atoms with E-state index >= 15 is 0 Å². The number of hydrogen-bond acceptors (Lipinski definition) is 5. The third-order valence-corrected chi connectivity index (χ3v) is 4.38. The number of ether oxygens (including phenoxy) is 1. The van der Waals surface area contributed by atoms with E-state index in [1.54, 1.807) is 11.0 Å². The smallest absolute Gasteiger partial charge is 0.387 e. The lowest BCUT2D eigenvalue weighted by atomic mass is 10.1. The van der Waals surface area contributed by atoms with Crippen LogP contribution in [0.3, 0.4) is 0 Å². The van der Waals surface area contributed by atoms with E-state index in [2.05, 4.69) is 14.7 Å². The van der Waals surface area contributed by atoms with Crippen molar-refractivity contribution in [3.05, 3.63) is 47.7 Å². The Morgan fingerprint density at radius 2 is 1.89 bits per heavy atom. The van der Waals surface area contributed by atoms with Gasteiger partial charge in [-0.1, -0.05) is 19.1 Å². The molecule has 1 aromatic heterocycles. The molecular weight excluding hydrogens is 361 g/mol. The average Bonchev–Trinajstić information content (AvgIpc) is 2.68. The molecule has 9 heteroatoms. The van der Waals surface area contributed by atoms with Crippen molar-refractivity contribution >= 4 is 11.7 Å². The van der Waals surface area contributed by atoms with E-state index in [0.717, 1.165) is 0 Å². The first-order valence-electron chi connectivity index (χ1n) is 8.58. The zero-order chi connectivity index (χ0) is 19.4. The Kier molecular flexibility index (Phi) is 5.78. The fraction of sp³-hybridized carbons (Fsp3) is 0.389. The molecule has 1 fully saturated rings. The second kappa shape index (κ2) is 8.24. The minimum absolute atomic E-state index is 0.0766. The van der Waals surface area contributed by atoms with E-state index < -0.39 is 18.3 Å². The van der Waals surface area contributed by atoms with Gasteiger partial charge in [-0.3, -0.25) is 4.79 Å². The molecule has 3 rings (SSSR count). The van der Waals surface area contributed by atoms with Gasteiger partial charge in [-0.15, -0.1) is 0 Å². The minimum Gasteiger partial charge on any atom is -0.434 e. The van der Waals surface area contributed by atoms with Crippen LogP contribution in [-0.2, 0) is 6.42 Å². The van der Waals surface area contributed by atoms with Crippen molar-refractivity contribution in [1.82, 2.24) is 14.9 Å². The van der Waals surface area contributed by atoms with Crippen molar-refractivity contribution in [2.75, 3.05) is 31.1 Å². The number of aryl methyl sites for hydroxylation is 1. The van der Waals surface area contributed by atoms with Crippen molar-refractivity contribution in [3.8, 4) is 5.75 Å². The van der Waals surface area contributed by atoms with Crippen LogP contribution in [0.5, 0.6) is 5.75 Å². The number of amides is 1. The van der Waals surface area contributed by atoms with E-state index in [1.807, 2.05) is 6.92 Å². The highest BCUT2D eigenvalue weighted by Crippen LogP contribution is 2.24. The summed E-state index contributed by atoms with van der Waals surface area (Å²) in [5.41, 5.74) is 0.421. The average molecular weight is 380 g/mol. The Morgan fingerprint density at radius 3 is 2.56 bits per heavy atom. The van der Waals surface area contributed by atoms with Gasteiger partial charge in [-0.05, 0) is 18.6 Å². The third-order valence-electron chi connectivity index (χ3n) is 4.38. The summed E-state index contributed by atoms with van der Waals surface area (Å²) in [4.78, 5) is 23.9. The highest BCUT2D eigenvalue weighted by Gasteiger charge is 2.27. The van der Waals surface area contributed by atoms with Gasteiger partial charge < -0.3 is 14.5 Å². The Labute approximate surface area is 154 Å². The van der Waals surface area contributed by atoms with E-state index in [-0.39, 0.29) is 17.1 Å². The summed E-state index contributed by atoms with van der Waals surface area (Å²) >= 11 is 0. The third kappa shape index (κ3) is 4.12. The van der Waals surface area contributed by atoms with Crippen molar-refractivity contribution in [2.24, 2.45) is 0 Å². The fourth-order valence-electron chi connectivity index (χ4n) is 3.00. The zero-order valence-electron chi connectivity index (χ0n) is 14.7. The van der Waals surface area contributed by atoms with Gasteiger partial charge in [-0.2, -0.15) is 8.78 Å². The number of anilines is 1. The van der Waals surface area contributed by atoms with Gasteiger partial charge in [-0.25, -0.2) is 14.4 Å². The number of alkyl halides is 2. The van der Waals surface area contributed by atoms with Crippen LogP contribution in [0, 0.1) is 5.82 Å². The molecule has 0 saturated carbocycles. The van der Waals surface area contributed by atoms with Crippen molar-refractivity contribution < 1.29 is 22.7 Å². The number of carbonyl (C=O) groups is 1. The second-order valence-electron chi connectivity index (χ2n) is 5.97. The second-order valence-corrected chi connectivity index (χ2v) is 5.97. The number of rotatable bonds is 5. The van der Waals surface area contributed by atoms with Gasteiger partial charge in [0.25, 0.3) is 5.91 Å². The summed E-state index contributed by atoms with van der Waals surface area (Å²) in [6.45, 7) is 0.176. The van der Waals surface area contributed by atoms with Crippen molar-refractivity contribution in [3.63, 3.8) is 0 Å². The molecule has 1 amide bonds. The molecule has 1 aliphatic rings. The molecule has 144 valence electrons. The summed E-state index contributed by atoms with van der Waals surface area (Å²) in [6.07, 6.45) is 1.79. The van der Waals surface area contributed by atoms with Crippen LogP contribution >= 0.6 is 0 Å². The van der Waals surface area contributed by atoms with Crippen LogP contribution in [0.1, 0.15) is 23.0 Å². The van der Waals surface area contributed by atoms with E-state index in [4.69, 9.17) is 0 Å². The number of halogens is 3. The molecule has 2 aromatic rings. The largest absolute Gasteiger partial charge is 0.434 e. The van der Waals surface area contributed by atoms with E-state index in [9.17, 15) is 18.0 Å². The minimum atomic E-state index is -3.01. The van der Waals surface area contributed by atoms with Crippen LogP contribution < -0.4 is 9.64 Å². The topological polar surface area (TPSA) is 58.6 Å². The Hall–Kier alpha value is -2.84. The van der Waals surface area contributed by atoms with Gasteiger partial charge in [0.1, 0.15) is 12.1 Å². The molecule has 2 heterocycles. The quantitative estimate of drug-likeness (QED) is 0.798. The zero-order valence-corrected chi connectivity index (χ0v) is 14.7. The summed E-state index contributed by atoms with van der Waals surface area (Å²) in [5.74, 6) is -0.788. The standard InChI is InChI=1S/C18H19F3N4O2/c1-2-13-15(19)16(23-11-22-13)24-7-9-25(10-8-24)17(26)12-5-3-4-6-14(12)27-18(20)21/h3-6,11,18H,2,7-10H2,1H3. The SMILES string of the molecule is CCc1ncnc(N2CCN(C(=O)c3ccccc3OC(F)F)CC2)c1F. The van der Waals surface area contributed by atoms with Crippen LogP contribution in [0.15, 0.2) is 30.6 Å². The van der Waals surface area contributed by atoms with Crippen LogP contribution in [-0.4, -0.2) is 53.6 Å². The maximum atomic E-state index is 14.4. The molecule has 0 aliphatic carbocycles. The Balaban J connectivity index is 1.70. The van der Waals surface area contributed by atoms with Crippen LogP contribution in [0.25, 0.3) is 0 Å². The normalized spacial score (nSPS) is 14.6. The highest BCUT2D eigenvalue weighted by atomic mass is 19.3. The van der Waals surface area contributed by atoms with Gasteiger partial charge in [0.2, 0.25) is 0 Å². The lowest BCUT2D eigenvalue weighted by Crippen LogP contribution is -2.49. The number of para-hydroxylation sites is 1. The Bertz CT molecular complexity index is 811. The molecule has 0 bridgehead atoms. The first-order chi connectivity index (χ1) is 13.0. The van der Waals surface area contributed by atoms with E-state index in [1.165, 1.54) is 29.4 Å². The van der Waals surface area contributed by atoms with E-state index in [0.29, 0.717) is 38.3 Å².